The van der Waals surface area contributed by atoms with Crippen molar-refractivity contribution in [3.05, 3.63) is 0 Å². The Morgan fingerprint density at radius 2 is 2.05 bits per heavy atom. The van der Waals surface area contributed by atoms with Gasteiger partial charge in [-0.05, 0) is 31.6 Å². The third-order valence-electron chi connectivity index (χ3n) is 4.56. The predicted octanol–water partition coefficient (Wildman–Crippen LogP) is 0.992. The second kappa shape index (κ2) is 6.08. The topological polar surface area (TPSA) is 81.4 Å². The van der Waals surface area contributed by atoms with Crippen LogP contribution in [0, 0.1) is 5.92 Å². The Kier molecular flexibility index (Phi) is 4.87. The molecule has 1 heterocycles. The van der Waals surface area contributed by atoms with Gasteiger partial charge >= 0.3 is 0 Å². The number of rotatable bonds is 4. The van der Waals surface area contributed by atoms with Gasteiger partial charge in [0.05, 0.1) is 11.4 Å². The number of nitrogens with two attached hydrogens (primary N) is 1. The van der Waals surface area contributed by atoms with Crippen molar-refractivity contribution in [1.29, 1.82) is 0 Å². The van der Waals surface area contributed by atoms with Crippen LogP contribution in [0.1, 0.15) is 44.9 Å². The highest BCUT2D eigenvalue weighted by molar-refractivity contribution is 7.90. The van der Waals surface area contributed by atoms with Crippen molar-refractivity contribution < 1.29 is 13.2 Å². The highest BCUT2D eigenvalue weighted by atomic mass is 32.2. The molecule has 1 aliphatic heterocycles. The molecule has 2 unspecified atom stereocenters. The third kappa shape index (κ3) is 4.15. The Hall–Kier alpha value is -0.170. The Morgan fingerprint density at radius 3 is 2.63 bits per heavy atom. The maximum absolute atomic E-state index is 11.5. The van der Waals surface area contributed by atoms with Crippen LogP contribution in [-0.2, 0) is 14.6 Å². The van der Waals surface area contributed by atoms with Gasteiger partial charge in [-0.1, -0.05) is 19.3 Å². The predicted molar refractivity (Wildman–Crippen MR) is 75.3 cm³/mol. The van der Waals surface area contributed by atoms with Crippen LogP contribution in [0.5, 0.6) is 0 Å². The van der Waals surface area contributed by atoms with Crippen molar-refractivity contribution in [3.8, 4) is 0 Å². The summed E-state index contributed by atoms with van der Waals surface area (Å²) in [4.78, 5) is 0. The van der Waals surface area contributed by atoms with Crippen LogP contribution in [0.4, 0.5) is 0 Å². The summed E-state index contributed by atoms with van der Waals surface area (Å²) in [6.45, 7) is 0.729. The fourth-order valence-electron chi connectivity index (χ4n) is 3.60. The second-order valence-corrected chi connectivity index (χ2v) is 8.40. The van der Waals surface area contributed by atoms with Crippen LogP contribution in [0.3, 0.4) is 0 Å². The average molecular weight is 290 g/mol. The van der Waals surface area contributed by atoms with Crippen LogP contribution in [-0.4, -0.2) is 38.7 Å². The SMILES string of the molecule is CS(=O)(=O)CC(NN)C1CCOC2(CCCCC2)C1. The van der Waals surface area contributed by atoms with Gasteiger partial charge in [-0.15, -0.1) is 0 Å². The van der Waals surface area contributed by atoms with Crippen LogP contribution in [0.15, 0.2) is 0 Å². The van der Waals surface area contributed by atoms with E-state index >= 15 is 0 Å². The van der Waals surface area contributed by atoms with E-state index in [1.165, 1.54) is 25.5 Å². The molecule has 0 bridgehead atoms. The van der Waals surface area contributed by atoms with Crippen LogP contribution in [0.25, 0.3) is 0 Å². The van der Waals surface area contributed by atoms with Gasteiger partial charge in [0.25, 0.3) is 0 Å². The van der Waals surface area contributed by atoms with Gasteiger partial charge in [0.15, 0.2) is 0 Å². The lowest BCUT2D eigenvalue weighted by atomic mass is 9.74. The van der Waals surface area contributed by atoms with Crippen molar-refractivity contribution in [3.63, 3.8) is 0 Å². The van der Waals surface area contributed by atoms with Crippen molar-refractivity contribution in [2.24, 2.45) is 11.8 Å². The molecule has 1 saturated heterocycles. The molecule has 2 fully saturated rings. The first-order valence-electron chi connectivity index (χ1n) is 7.22. The molecule has 6 heteroatoms. The zero-order chi connectivity index (χ0) is 13.9. The van der Waals surface area contributed by atoms with Gasteiger partial charge in [0.2, 0.25) is 0 Å². The van der Waals surface area contributed by atoms with Gasteiger partial charge in [0, 0.05) is 18.9 Å². The quantitative estimate of drug-likeness (QED) is 0.596. The second-order valence-electron chi connectivity index (χ2n) is 6.21. The van der Waals surface area contributed by atoms with E-state index in [4.69, 9.17) is 10.6 Å². The van der Waals surface area contributed by atoms with Gasteiger partial charge in [0.1, 0.15) is 9.84 Å². The first-order chi connectivity index (χ1) is 8.94. The molecule has 1 saturated carbocycles. The molecule has 0 radical (unpaired) electrons. The molecular weight excluding hydrogens is 264 g/mol. The molecule has 0 aromatic carbocycles. The lowest BCUT2D eigenvalue weighted by Crippen LogP contribution is -2.51. The zero-order valence-corrected chi connectivity index (χ0v) is 12.5. The molecule has 3 N–H and O–H groups in total. The number of sulfone groups is 1. The monoisotopic (exact) mass is 290 g/mol. The number of nitrogens with one attached hydrogen (secondary N) is 1. The van der Waals surface area contributed by atoms with Crippen molar-refractivity contribution in [2.45, 2.75) is 56.6 Å². The summed E-state index contributed by atoms with van der Waals surface area (Å²) in [5.74, 6) is 5.99. The van der Waals surface area contributed by atoms with E-state index in [0.29, 0.717) is 5.92 Å². The van der Waals surface area contributed by atoms with Crippen molar-refractivity contribution in [1.82, 2.24) is 5.43 Å². The van der Waals surface area contributed by atoms with E-state index in [-0.39, 0.29) is 17.4 Å². The van der Waals surface area contributed by atoms with Gasteiger partial charge in [-0.2, -0.15) is 0 Å². The zero-order valence-electron chi connectivity index (χ0n) is 11.7. The van der Waals surface area contributed by atoms with E-state index in [1.54, 1.807) is 0 Å². The first-order valence-corrected chi connectivity index (χ1v) is 9.28. The normalized spacial score (nSPS) is 29.3. The molecule has 2 aliphatic rings. The number of hydrogen-bond acceptors (Lipinski definition) is 5. The lowest BCUT2D eigenvalue weighted by Gasteiger charge is -2.45. The van der Waals surface area contributed by atoms with E-state index in [0.717, 1.165) is 32.3 Å². The molecule has 1 aliphatic carbocycles. The van der Waals surface area contributed by atoms with E-state index in [2.05, 4.69) is 5.43 Å². The molecule has 1 spiro atoms. The fraction of sp³-hybridized carbons (Fsp3) is 1.00. The fourth-order valence-corrected chi connectivity index (χ4v) is 4.62. The molecule has 112 valence electrons. The maximum Gasteiger partial charge on any atom is 0.149 e. The van der Waals surface area contributed by atoms with Crippen LogP contribution in [0.2, 0.25) is 0 Å². The summed E-state index contributed by atoms with van der Waals surface area (Å²) in [6, 6.07) is -0.155. The first kappa shape index (κ1) is 15.2. The smallest absolute Gasteiger partial charge is 0.149 e. The van der Waals surface area contributed by atoms with Crippen molar-refractivity contribution in [2.75, 3.05) is 18.6 Å². The van der Waals surface area contributed by atoms with Crippen molar-refractivity contribution >= 4 is 9.84 Å². The van der Waals surface area contributed by atoms with Crippen LogP contribution >= 0.6 is 0 Å². The van der Waals surface area contributed by atoms with E-state index in [1.807, 2.05) is 0 Å². The standard InChI is InChI=1S/C13H26N2O3S/c1-19(16,17)10-12(15-14)11-5-8-18-13(9-11)6-3-2-4-7-13/h11-12,15H,2-10,14H2,1H3. The average Bonchev–Trinajstić information content (AvgIpc) is 2.36. The summed E-state index contributed by atoms with van der Waals surface area (Å²) in [6.07, 6.45) is 9.06. The van der Waals surface area contributed by atoms with Gasteiger partial charge in [-0.3, -0.25) is 11.3 Å². The molecule has 0 aromatic rings. The summed E-state index contributed by atoms with van der Waals surface area (Å²) >= 11 is 0. The highest BCUT2D eigenvalue weighted by Gasteiger charge is 2.41. The summed E-state index contributed by atoms with van der Waals surface area (Å²) in [5.41, 5.74) is 2.71. The van der Waals surface area contributed by atoms with Gasteiger partial charge < -0.3 is 4.74 Å². The summed E-state index contributed by atoms with van der Waals surface area (Å²) in [5, 5.41) is 0. The molecule has 2 rings (SSSR count). The summed E-state index contributed by atoms with van der Waals surface area (Å²) < 4.78 is 29.0. The molecular formula is C13H26N2O3S. The summed E-state index contributed by atoms with van der Waals surface area (Å²) in [7, 11) is -3.01. The minimum Gasteiger partial charge on any atom is -0.375 e. The highest BCUT2D eigenvalue weighted by Crippen LogP contribution is 2.41. The minimum atomic E-state index is -3.01. The number of ether oxygens (including phenoxy) is 1. The Morgan fingerprint density at radius 1 is 1.37 bits per heavy atom. The van der Waals surface area contributed by atoms with Gasteiger partial charge in [-0.25, -0.2) is 8.42 Å². The third-order valence-corrected chi connectivity index (χ3v) is 5.53. The maximum atomic E-state index is 11.5. The molecule has 2 atom stereocenters. The van der Waals surface area contributed by atoms with E-state index in [9.17, 15) is 8.42 Å². The van der Waals surface area contributed by atoms with E-state index < -0.39 is 9.84 Å². The number of hydrazine groups is 1. The minimum absolute atomic E-state index is 0.00618. The Balaban J connectivity index is 2.02. The van der Waals surface area contributed by atoms with Crippen LogP contribution < -0.4 is 11.3 Å². The molecule has 0 aromatic heterocycles. The Bertz CT molecular complexity index is 385. The molecule has 19 heavy (non-hydrogen) atoms. The molecule has 5 nitrogen and oxygen atoms in total. The lowest BCUT2D eigenvalue weighted by molar-refractivity contribution is -0.120. The number of hydrogen-bond donors (Lipinski definition) is 2. The Labute approximate surface area is 116 Å². The largest absolute Gasteiger partial charge is 0.375 e. The molecule has 0 amide bonds.